The molecule has 2 unspecified atom stereocenters. The van der Waals surface area contributed by atoms with E-state index in [2.05, 4.69) is 0 Å². The van der Waals surface area contributed by atoms with Crippen LogP contribution in [0.5, 0.6) is 0 Å². The Kier molecular flexibility index (Phi) is 2.90. The predicted octanol–water partition coefficient (Wildman–Crippen LogP) is 1.77. The first-order valence-corrected chi connectivity index (χ1v) is 5.10. The zero-order valence-electron chi connectivity index (χ0n) is 9.34. The van der Waals surface area contributed by atoms with Gasteiger partial charge in [0.2, 0.25) is 0 Å². The number of benzene rings is 1. The molecule has 0 heterocycles. The molecule has 2 rings (SSSR count). The van der Waals surface area contributed by atoms with Gasteiger partial charge in [0, 0.05) is 19.8 Å². The second kappa shape index (κ2) is 4.20. The third kappa shape index (κ3) is 1.40. The Balaban J connectivity index is 2.62. The van der Waals surface area contributed by atoms with Crippen LogP contribution in [0.4, 0.5) is 0 Å². The Bertz CT molecular complexity index is 425. The summed E-state index contributed by atoms with van der Waals surface area (Å²) in [6.45, 7) is 0. The fraction of sp³-hybridized carbons (Fsp3) is 0.308. The van der Waals surface area contributed by atoms with Gasteiger partial charge in [0.25, 0.3) is 0 Å². The molecule has 0 saturated heterocycles. The molecule has 0 radical (unpaired) electrons. The first kappa shape index (κ1) is 11.0. The van der Waals surface area contributed by atoms with E-state index in [1.165, 1.54) is 7.11 Å². The van der Waals surface area contributed by atoms with Crippen molar-refractivity contribution in [1.82, 2.24) is 0 Å². The lowest BCUT2D eigenvalue weighted by Crippen LogP contribution is -2.45. The molecule has 1 aromatic carbocycles. The fourth-order valence-corrected chi connectivity index (χ4v) is 2.14. The normalized spacial score (nSPS) is 27.5. The highest BCUT2D eigenvalue weighted by molar-refractivity contribution is 5.75. The maximum Gasteiger partial charge on any atom is 0.178 e. The van der Waals surface area contributed by atoms with E-state index >= 15 is 0 Å². The minimum absolute atomic E-state index is 0.384. The van der Waals surface area contributed by atoms with Crippen molar-refractivity contribution in [2.24, 2.45) is 0 Å². The number of fused-ring (bicyclic) bond motifs is 1. The van der Waals surface area contributed by atoms with E-state index in [0.29, 0.717) is 0 Å². The summed E-state index contributed by atoms with van der Waals surface area (Å²) in [7, 11) is 3.09. The topological polar surface area (TPSA) is 35.5 Å². The quantitative estimate of drug-likeness (QED) is 0.725. The van der Waals surface area contributed by atoms with E-state index in [1.807, 2.05) is 36.4 Å². The molecule has 0 fully saturated rings. The molecule has 3 nitrogen and oxygen atoms in total. The average Bonchev–Trinajstić information content (AvgIpc) is 2.37. The molecule has 0 saturated carbocycles. The second-order valence-corrected chi connectivity index (χ2v) is 3.72. The van der Waals surface area contributed by atoms with Crippen LogP contribution in [0.2, 0.25) is 0 Å². The lowest BCUT2D eigenvalue weighted by atomic mass is 9.81. The maximum atomic E-state index is 11.4. The van der Waals surface area contributed by atoms with Crippen LogP contribution in [0.25, 0.3) is 6.08 Å². The van der Waals surface area contributed by atoms with Crippen LogP contribution >= 0.6 is 0 Å². The summed E-state index contributed by atoms with van der Waals surface area (Å²) in [5.41, 5.74) is 0.812. The predicted molar refractivity (Wildman–Crippen MR) is 61.0 cm³/mol. The van der Waals surface area contributed by atoms with Gasteiger partial charge in [-0.05, 0) is 5.56 Å². The van der Waals surface area contributed by atoms with Crippen molar-refractivity contribution >= 4 is 12.4 Å². The van der Waals surface area contributed by atoms with Gasteiger partial charge in [0.1, 0.15) is 6.10 Å². The summed E-state index contributed by atoms with van der Waals surface area (Å²) >= 11 is 0. The van der Waals surface area contributed by atoms with Crippen LogP contribution in [-0.4, -0.2) is 26.6 Å². The lowest BCUT2D eigenvalue weighted by Gasteiger charge is -2.36. The molecule has 0 aromatic heterocycles. The van der Waals surface area contributed by atoms with Crippen LogP contribution < -0.4 is 0 Å². The number of hydrogen-bond donors (Lipinski definition) is 0. The first-order chi connectivity index (χ1) is 7.78. The minimum atomic E-state index is -1.03. The van der Waals surface area contributed by atoms with Crippen LogP contribution in [-0.2, 0) is 19.9 Å². The maximum absolute atomic E-state index is 11.4. The zero-order chi connectivity index (χ0) is 11.6. The van der Waals surface area contributed by atoms with Gasteiger partial charge < -0.3 is 9.47 Å². The van der Waals surface area contributed by atoms with Gasteiger partial charge in [-0.2, -0.15) is 0 Å². The molecule has 0 bridgehead atoms. The van der Waals surface area contributed by atoms with Crippen LogP contribution in [0.1, 0.15) is 11.1 Å². The molecule has 0 spiro atoms. The van der Waals surface area contributed by atoms with Gasteiger partial charge in [-0.1, -0.05) is 36.4 Å². The molecule has 1 aliphatic rings. The highest BCUT2D eigenvalue weighted by Crippen LogP contribution is 2.36. The van der Waals surface area contributed by atoms with Crippen molar-refractivity contribution in [3.8, 4) is 0 Å². The fourth-order valence-electron chi connectivity index (χ4n) is 2.14. The molecule has 1 aromatic rings. The van der Waals surface area contributed by atoms with Gasteiger partial charge in [-0.25, -0.2) is 0 Å². The number of carbonyl (C=O) groups excluding carboxylic acids is 1. The Labute approximate surface area is 94.7 Å². The van der Waals surface area contributed by atoms with Gasteiger partial charge in [-0.15, -0.1) is 0 Å². The number of methoxy groups -OCH3 is 2. The van der Waals surface area contributed by atoms with E-state index < -0.39 is 5.60 Å². The van der Waals surface area contributed by atoms with Gasteiger partial charge in [0.15, 0.2) is 11.9 Å². The number of hydrogen-bond acceptors (Lipinski definition) is 3. The standard InChI is InChI=1S/C13H14O3/c1-15-12-8-7-10-5-3-4-6-11(10)13(12,9-14)16-2/h3-9,12H,1-2H3. The van der Waals surface area contributed by atoms with Crippen LogP contribution in [0.15, 0.2) is 30.3 Å². The molecule has 16 heavy (non-hydrogen) atoms. The lowest BCUT2D eigenvalue weighted by molar-refractivity contribution is -0.144. The van der Waals surface area contributed by atoms with Crippen LogP contribution in [0.3, 0.4) is 0 Å². The number of rotatable bonds is 3. The summed E-state index contributed by atoms with van der Waals surface area (Å²) in [5, 5.41) is 0. The minimum Gasteiger partial charge on any atom is -0.373 e. The molecule has 3 heteroatoms. The third-order valence-corrected chi connectivity index (χ3v) is 3.02. The molecule has 0 aliphatic heterocycles. The SMILES string of the molecule is COC1C=Cc2ccccc2C1(C=O)OC. The van der Waals surface area contributed by atoms with Gasteiger partial charge >= 0.3 is 0 Å². The van der Waals surface area contributed by atoms with E-state index in [1.54, 1.807) is 7.11 Å². The van der Waals surface area contributed by atoms with E-state index in [0.717, 1.165) is 17.4 Å². The summed E-state index contributed by atoms with van der Waals surface area (Å²) < 4.78 is 10.7. The van der Waals surface area contributed by atoms with Gasteiger partial charge in [-0.3, -0.25) is 4.79 Å². The van der Waals surface area contributed by atoms with Crippen molar-refractivity contribution in [3.63, 3.8) is 0 Å². The molecule has 0 N–H and O–H groups in total. The van der Waals surface area contributed by atoms with Crippen molar-refractivity contribution < 1.29 is 14.3 Å². The first-order valence-electron chi connectivity index (χ1n) is 5.10. The largest absolute Gasteiger partial charge is 0.373 e. The van der Waals surface area contributed by atoms with E-state index in [-0.39, 0.29) is 6.10 Å². The monoisotopic (exact) mass is 218 g/mol. The Morgan fingerprint density at radius 3 is 2.69 bits per heavy atom. The Morgan fingerprint density at radius 1 is 1.31 bits per heavy atom. The highest BCUT2D eigenvalue weighted by Gasteiger charge is 2.43. The summed E-state index contributed by atoms with van der Waals surface area (Å²) in [6, 6.07) is 7.67. The van der Waals surface area contributed by atoms with Crippen molar-refractivity contribution in [2.75, 3.05) is 14.2 Å². The van der Waals surface area contributed by atoms with E-state index in [9.17, 15) is 4.79 Å². The molecule has 84 valence electrons. The van der Waals surface area contributed by atoms with Gasteiger partial charge in [0.05, 0.1) is 0 Å². The molecular weight excluding hydrogens is 204 g/mol. The number of aldehydes is 1. The average molecular weight is 218 g/mol. The zero-order valence-corrected chi connectivity index (χ0v) is 9.34. The van der Waals surface area contributed by atoms with Crippen molar-refractivity contribution in [3.05, 3.63) is 41.5 Å². The molecule has 0 amide bonds. The molecule has 2 atom stereocenters. The Hall–Kier alpha value is -1.45. The number of ether oxygens (including phenoxy) is 2. The third-order valence-electron chi connectivity index (χ3n) is 3.02. The van der Waals surface area contributed by atoms with Crippen molar-refractivity contribution in [1.29, 1.82) is 0 Å². The number of carbonyl (C=O) groups is 1. The Morgan fingerprint density at radius 2 is 2.06 bits per heavy atom. The smallest absolute Gasteiger partial charge is 0.178 e. The highest BCUT2D eigenvalue weighted by atomic mass is 16.5. The second-order valence-electron chi connectivity index (χ2n) is 3.72. The van der Waals surface area contributed by atoms with E-state index in [4.69, 9.17) is 9.47 Å². The molecular formula is C13H14O3. The summed E-state index contributed by atoms with van der Waals surface area (Å²) in [6.07, 6.45) is 4.22. The van der Waals surface area contributed by atoms with Crippen LogP contribution in [0, 0.1) is 0 Å². The summed E-state index contributed by atoms with van der Waals surface area (Å²) in [4.78, 5) is 11.4. The van der Waals surface area contributed by atoms with Crippen molar-refractivity contribution in [2.45, 2.75) is 11.7 Å². The summed E-state index contributed by atoms with van der Waals surface area (Å²) in [5.74, 6) is 0. The molecule has 1 aliphatic carbocycles.